The molecular formula is C20H9F5N2OS. The SMILES string of the molecule is O=C(Nc1ccc(-c2nc3ccccc3s2)cc1)c1c(F)c(F)c(F)c(F)c1F. The highest BCUT2D eigenvalue weighted by Gasteiger charge is 2.29. The second-order valence-corrected chi connectivity index (χ2v) is 6.99. The predicted octanol–water partition coefficient (Wildman–Crippen LogP) is 5.91. The fourth-order valence-corrected chi connectivity index (χ4v) is 3.66. The Morgan fingerprint density at radius 1 is 0.793 bits per heavy atom. The number of halogens is 5. The molecule has 0 atom stereocenters. The standard InChI is InChI=1S/C20H9F5N2OS/c21-14-13(15(22)17(24)18(25)16(14)23)19(28)26-10-7-5-9(6-8-10)20-27-11-3-1-2-4-12(11)29-20/h1-8H,(H,26,28). The fourth-order valence-electron chi connectivity index (χ4n) is 2.69. The van der Waals surface area contributed by atoms with Crippen LogP contribution in [0.25, 0.3) is 20.8 Å². The summed E-state index contributed by atoms with van der Waals surface area (Å²) >= 11 is 1.46. The zero-order valence-electron chi connectivity index (χ0n) is 14.3. The summed E-state index contributed by atoms with van der Waals surface area (Å²) in [5, 5.41) is 2.85. The second-order valence-electron chi connectivity index (χ2n) is 5.96. The van der Waals surface area contributed by atoms with Crippen molar-refractivity contribution in [3.63, 3.8) is 0 Å². The molecule has 0 spiro atoms. The van der Waals surface area contributed by atoms with Crippen LogP contribution < -0.4 is 5.32 Å². The first kappa shape index (κ1) is 19.0. The van der Waals surface area contributed by atoms with E-state index in [2.05, 4.69) is 10.3 Å². The van der Waals surface area contributed by atoms with Crippen LogP contribution in [0.15, 0.2) is 48.5 Å². The number of aromatic nitrogens is 1. The maximum atomic E-state index is 13.8. The fraction of sp³-hybridized carbons (Fsp3) is 0. The van der Waals surface area contributed by atoms with E-state index in [1.165, 1.54) is 23.5 Å². The molecule has 3 nitrogen and oxygen atoms in total. The first-order valence-corrected chi connectivity index (χ1v) is 8.97. The summed E-state index contributed by atoms with van der Waals surface area (Å²) in [4.78, 5) is 16.6. The van der Waals surface area contributed by atoms with Crippen LogP contribution in [0.4, 0.5) is 27.6 Å². The van der Waals surface area contributed by atoms with Gasteiger partial charge in [-0.1, -0.05) is 12.1 Å². The molecule has 0 fully saturated rings. The molecule has 9 heteroatoms. The Morgan fingerprint density at radius 2 is 1.38 bits per heavy atom. The summed E-state index contributed by atoms with van der Waals surface area (Å²) in [6, 6.07) is 13.7. The zero-order chi connectivity index (χ0) is 20.7. The smallest absolute Gasteiger partial charge is 0.261 e. The number of hydrogen-bond acceptors (Lipinski definition) is 3. The topological polar surface area (TPSA) is 42.0 Å². The van der Waals surface area contributed by atoms with Crippen LogP contribution in [0.1, 0.15) is 10.4 Å². The molecular weight excluding hydrogens is 411 g/mol. The van der Waals surface area contributed by atoms with E-state index in [1.807, 2.05) is 24.3 Å². The number of hydrogen-bond donors (Lipinski definition) is 1. The van der Waals surface area contributed by atoms with Crippen LogP contribution in [-0.4, -0.2) is 10.9 Å². The molecule has 0 saturated heterocycles. The van der Waals surface area contributed by atoms with E-state index in [1.54, 1.807) is 12.1 Å². The highest BCUT2D eigenvalue weighted by Crippen LogP contribution is 2.31. The Balaban J connectivity index is 1.60. The second kappa shape index (κ2) is 7.25. The number of nitrogens with one attached hydrogen (secondary N) is 1. The summed E-state index contributed by atoms with van der Waals surface area (Å²) in [5.41, 5.74) is 0.136. The van der Waals surface area contributed by atoms with Crippen molar-refractivity contribution in [1.29, 1.82) is 0 Å². The Labute approximate surface area is 164 Å². The average Bonchev–Trinajstić information content (AvgIpc) is 3.16. The minimum absolute atomic E-state index is 0.115. The highest BCUT2D eigenvalue weighted by atomic mass is 32.1. The van der Waals surface area contributed by atoms with Gasteiger partial charge in [0.05, 0.1) is 10.2 Å². The molecule has 1 aromatic heterocycles. The third kappa shape index (κ3) is 3.33. The Hall–Kier alpha value is -3.33. The molecule has 0 bridgehead atoms. The van der Waals surface area contributed by atoms with Gasteiger partial charge in [0.15, 0.2) is 23.3 Å². The van der Waals surface area contributed by atoms with Gasteiger partial charge in [-0.05, 0) is 36.4 Å². The lowest BCUT2D eigenvalue weighted by atomic mass is 10.1. The molecule has 0 aliphatic carbocycles. The summed E-state index contributed by atoms with van der Waals surface area (Å²) in [5.74, 6) is -12.5. The number of carbonyl (C=O) groups excluding carboxylic acids is 1. The first-order valence-electron chi connectivity index (χ1n) is 8.15. The van der Waals surface area contributed by atoms with E-state index in [0.717, 1.165) is 20.8 Å². The van der Waals surface area contributed by atoms with Gasteiger partial charge in [0, 0.05) is 11.3 Å². The molecule has 146 valence electrons. The van der Waals surface area contributed by atoms with Crippen molar-refractivity contribution < 1.29 is 26.7 Å². The molecule has 1 heterocycles. The molecule has 29 heavy (non-hydrogen) atoms. The number of rotatable bonds is 3. The van der Waals surface area contributed by atoms with Gasteiger partial charge in [-0.25, -0.2) is 26.9 Å². The van der Waals surface area contributed by atoms with E-state index in [9.17, 15) is 26.7 Å². The number of thiazole rings is 1. The highest BCUT2D eigenvalue weighted by molar-refractivity contribution is 7.21. The van der Waals surface area contributed by atoms with E-state index >= 15 is 0 Å². The Morgan fingerprint density at radius 3 is 2.00 bits per heavy atom. The van der Waals surface area contributed by atoms with E-state index < -0.39 is 40.6 Å². The van der Waals surface area contributed by atoms with Crippen molar-refractivity contribution in [2.45, 2.75) is 0 Å². The predicted molar refractivity (Wildman–Crippen MR) is 99.2 cm³/mol. The van der Waals surface area contributed by atoms with E-state index in [0.29, 0.717) is 0 Å². The number of carbonyl (C=O) groups is 1. The molecule has 4 aromatic rings. The molecule has 1 amide bonds. The van der Waals surface area contributed by atoms with Crippen molar-refractivity contribution in [2.24, 2.45) is 0 Å². The van der Waals surface area contributed by atoms with Crippen molar-refractivity contribution in [1.82, 2.24) is 4.98 Å². The summed E-state index contributed by atoms with van der Waals surface area (Å²) in [7, 11) is 0. The molecule has 0 saturated carbocycles. The van der Waals surface area contributed by atoms with Gasteiger partial charge in [-0.2, -0.15) is 0 Å². The molecule has 4 rings (SSSR count). The normalized spacial score (nSPS) is 11.1. The number of amides is 1. The van der Waals surface area contributed by atoms with Gasteiger partial charge in [0.1, 0.15) is 10.6 Å². The van der Waals surface area contributed by atoms with Crippen molar-refractivity contribution in [2.75, 3.05) is 5.32 Å². The van der Waals surface area contributed by atoms with Gasteiger partial charge in [-0.3, -0.25) is 4.79 Å². The number of para-hydroxylation sites is 1. The maximum absolute atomic E-state index is 13.8. The third-order valence-corrected chi connectivity index (χ3v) is 5.21. The molecule has 0 radical (unpaired) electrons. The van der Waals surface area contributed by atoms with E-state index in [4.69, 9.17) is 0 Å². The van der Waals surface area contributed by atoms with Gasteiger partial charge in [0.2, 0.25) is 5.82 Å². The zero-order valence-corrected chi connectivity index (χ0v) is 15.1. The lowest BCUT2D eigenvalue weighted by Gasteiger charge is -2.09. The quantitative estimate of drug-likeness (QED) is 0.254. The number of benzene rings is 3. The number of nitrogens with zero attached hydrogens (tertiary/aromatic N) is 1. The maximum Gasteiger partial charge on any atom is 0.261 e. The van der Waals surface area contributed by atoms with Gasteiger partial charge < -0.3 is 5.32 Å². The van der Waals surface area contributed by atoms with Crippen LogP contribution in [0.2, 0.25) is 0 Å². The Bertz CT molecular complexity index is 1190. The van der Waals surface area contributed by atoms with Crippen LogP contribution in [0.5, 0.6) is 0 Å². The van der Waals surface area contributed by atoms with Crippen LogP contribution in [0.3, 0.4) is 0 Å². The lowest BCUT2D eigenvalue weighted by Crippen LogP contribution is -2.19. The average molecular weight is 420 g/mol. The number of anilines is 1. The monoisotopic (exact) mass is 420 g/mol. The van der Waals surface area contributed by atoms with Crippen LogP contribution in [-0.2, 0) is 0 Å². The van der Waals surface area contributed by atoms with Crippen LogP contribution in [0, 0.1) is 29.1 Å². The van der Waals surface area contributed by atoms with Gasteiger partial charge in [0.25, 0.3) is 5.91 Å². The third-order valence-electron chi connectivity index (χ3n) is 4.12. The van der Waals surface area contributed by atoms with Gasteiger partial charge >= 0.3 is 0 Å². The van der Waals surface area contributed by atoms with Crippen molar-refractivity contribution in [3.8, 4) is 10.6 Å². The lowest BCUT2D eigenvalue weighted by molar-refractivity contribution is 0.101. The summed E-state index contributed by atoms with van der Waals surface area (Å²) in [6.07, 6.45) is 0. The number of fused-ring (bicyclic) bond motifs is 1. The molecule has 0 aliphatic heterocycles. The van der Waals surface area contributed by atoms with Crippen LogP contribution >= 0.6 is 11.3 Å². The van der Waals surface area contributed by atoms with E-state index in [-0.39, 0.29) is 5.69 Å². The minimum atomic E-state index is -2.32. The minimum Gasteiger partial charge on any atom is -0.322 e. The first-order chi connectivity index (χ1) is 13.9. The molecule has 3 aromatic carbocycles. The van der Waals surface area contributed by atoms with Crippen molar-refractivity contribution >= 4 is 33.1 Å². The largest absolute Gasteiger partial charge is 0.322 e. The molecule has 1 N–H and O–H groups in total. The summed E-state index contributed by atoms with van der Waals surface area (Å²) in [6.45, 7) is 0. The van der Waals surface area contributed by atoms with Gasteiger partial charge in [-0.15, -0.1) is 11.3 Å². The molecule has 0 unspecified atom stereocenters. The van der Waals surface area contributed by atoms with Crippen molar-refractivity contribution in [3.05, 3.63) is 83.2 Å². The molecule has 0 aliphatic rings. The summed E-state index contributed by atoms with van der Waals surface area (Å²) < 4.78 is 68.2. The Kier molecular flexibility index (Phi) is 4.75.